The van der Waals surface area contributed by atoms with Crippen LogP contribution in [-0.4, -0.2) is 20.9 Å². The van der Waals surface area contributed by atoms with Crippen LogP contribution in [0.2, 0.25) is 0 Å². The molecule has 0 amide bonds. The number of hydrogen-bond acceptors (Lipinski definition) is 5. The van der Waals surface area contributed by atoms with Crippen molar-refractivity contribution in [1.82, 2.24) is 15.0 Å². The summed E-state index contributed by atoms with van der Waals surface area (Å²) in [5.74, 6) is -0.134. The molecule has 162 valence electrons. The van der Waals surface area contributed by atoms with Gasteiger partial charge in [-0.3, -0.25) is 19.8 Å². The third kappa shape index (κ3) is 6.63. The normalized spacial score (nSPS) is 11.4. The van der Waals surface area contributed by atoms with E-state index < -0.39 is 5.82 Å². The first-order valence-corrected chi connectivity index (χ1v) is 14.7. The average Bonchev–Trinajstić information content (AvgIpc) is 2.83. The van der Waals surface area contributed by atoms with Crippen molar-refractivity contribution in [3.8, 4) is 5.69 Å². The first-order valence-electron chi connectivity index (χ1n) is 9.36. The van der Waals surface area contributed by atoms with Crippen molar-refractivity contribution in [1.29, 1.82) is 0 Å². The van der Waals surface area contributed by atoms with Gasteiger partial charge in [0.25, 0.3) is 5.56 Å². The van der Waals surface area contributed by atoms with Crippen molar-refractivity contribution in [2.45, 2.75) is 0 Å². The minimum absolute atomic E-state index is 0.161. The van der Waals surface area contributed by atoms with Gasteiger partial charge in [-0.25, -0.2) is 9.37 Å². The molecule has 0 bridgehead atoms. The summed E-state index contributed by atoms with van der Waals surface area (Å²) < 4.78 is 15.7. The van der Waals surface area contributed by atoms with Gasteiger partial charge in [0.2, 0.25) is 0 Å². The molecule has 4 rings (SSSR count). The number of rotatable bonds is 4. The maximum absolute atomic E-state index is 13.4. The minimum atomic E-state index is -0.398. The summed E-state index contributed by atoms with van der Waals surface area (Å²) in [5.41, 5.74) is 4.07. The monoisotopic (exact) mass is 641 g/mol. The van der Waals surface area contributed by atoms with E-state index in [4.69, 9.17) is 22.3 Å². The zero-order valence-electron chi connectivity index (χ0n) is 17.0. The van der Waals surface area contributed by atoms with E-state index in [1.807, 2.05) is 36.4 Å². The number of aliphatic imine (C=N–C) groups is 1. The van der Waals surface area contributed by atoms with E-state index in [0.29, 0.717) is 22.3 Å². The zero-order chi connectivity index (χ0) is 23.8. The molecule has 4 aromatic rings. The average molecular weight is 643 g/mol. The van der Waals surface area contributed by atoms with Crippen molar-refractivity contribution >= 4 is 72.9 Å². The molecule has 33 heavy (non-hydrogen) atoms. The van der Waals surface area contributed by atoms with Crippen LogP contribution in [0.15, 0.2) is 87.7 Å². The van der Waals surface area contributed by atoms with Crippen LogP contribution >= 0.6 is 32.3 Å². The van der Waals surface area contributed by atoms with E-state index in [1.54, 1.807) is 12.1 Å². The first-order chi connectivity index (χ1) is 16.0. The Balaban J connectivity index is 0.00000149. The quantitative estimate of drug-likeness (QED) is 0.0852. The molecular formula is C22H14ClFIN5OSZn. The van der Waals surface area contributed by atoms with Gasteiger partial charge in [0, 0.05) is 8.74 Å². The molecule has 1 heterocycles. The van der Waals surface area contributed by atoms with E-state index in [2.05, 4.69) is 43.1 Å². The maximum atomic E-state index is 13.4. The number of halogens is 3. The number of aromatic nitrogens is 2. The van der Waals surface area contributed by atoms with Gasteiger partial charge < -0.3 is 12.6 Å². The topological polar surface area (TPSA) is 71.6 Å². The number of amidine groups is 1. The fourth-order valence-electron chi connectivity index (χ4n) is 2.89. The van der Waals surface area contributed by atoms with Gasteiger partial charge in [-0.2, -0.15) is 5.10 Å². The number of benzene rings is 3. The second kappa shape index (κ2) is 12.3. The van der Waals surface area contributed by atoms with Crippen LogP contribution in [0, 0.1) is 9.39 Å². The molecule has 1 aromatic heterocycles. The van der Waals surface area contributed by atoms with E-state index in [1.165, 1.54) is 35.0 Å². The molecule has 0 aliphatic heterocycles. The number of nitrogens with zero attached hydrogens (tertiary/aromatic N) is 4. The number of hydrogen-bond donors (Lipinski definition) is 1. The molecule has 6 nitrogen and oxygen atoms in total. The van der Waals surface area contributed by atoms with Crippen LogP contribution < -0.4 is 11.0 Å². The molecule has 11 heteroatoms. The van der Waals surface area contributed by atoms with Crippen molar-refractivity contribution in [3.63, 3.8) is 0 Å². The fourth-order valence-corrected chi connectivity index (χ4v) is 3.54. The van der Waals surface area contributed by atoms with E-state index in [0.717, 1.165) is 20.9 Å². The number of para-hydroxylation sites is 1. The molecule has 0 spiro atoms. The Morgan fingerprint density at radius 1 is 1.12 bits per heavy atom. The summed E-state index contributed by atoms with van der Waals surface area (Å²) in [5, 5.41) is 4.71. The van der Waals surface area contributed by atoms with Gasteiger partial charge in [-0.15, -0.1) is 0 Å². The number of nitrogens with one attached hydrogen (secondary N) is 1. The third-order valence-electron chi connectivity index (χ3n) is 4.27. The Labute approximate surface area is 222 Å². The SMILES string of the molecule is O=c1c2cc(I)ccc2nc(/C=N/NC([S-])=Nc2ccccc2)n1-c1ccc(F)cc1.[Cl][Zn+]. The summed E-state index contributed by atoms with van der Waals surface area (Å²) in [4.78, 5) is 22.0. The molecule has 0 aliphatic carbocycles. The Hall–Kier alpha value is -2.27. The molecule has 0 atom stereocenters. The van der Waals surface area contributed by atoms with Crippen LogP contribution in [0.1, 0.15) is 5.82 Å². The van der Waals surface area contributed by atoms with Gasteiger partial charge >= 0.3 is 27.0 Å². The summed E-state index contributed by atoms with van der Waals surface area (Å²) in [6.07, 6.45) is 1.38. The van der Waals surface area contributed by atoms with Gasteiger partial charge in [0.15, 0.2) is 5.82 Å². The molecule has 3 aromatic carbocycles. The van der Waals surface area contributed by atoms with Crippen LogP contribution in [0.25, 0.3) is 16.6 Å². The van der Waals surface area contributed by atoms with E-state index in [9.17, 15) is 9.18 Å². The van der Waals surface area contributed by atoms with Crippen LogP contribution in [0.3, 0.4) is 0 Å². The molecule has 0 fully saturated rings. The molecule has 0 saturated heterocycles. The number of hydrazone groups is 1. The first kappa shape index (κ1) is 25.4. The molecule has 0 radical (unpaired) electrons. The van der Waals surface area contributed by atoms with Crippen molar-refractivity contribution in [3.05, 3.63) is 98.4 Å². The Morgan fingerprint density at radius 2 is 1.82 bits per heavy atom. The standard InChI is InChI=1S/C22H15FIN5OS.ClH.Zn/c23-14-6-9-17(10-7-14)29-20(27-19-11-8-15(24)12-18(19)21(29)30)13-25-28-22(31)26-16-4-2-1-3-5-16;;/h1-13H,(H2,26,28,31);1H;/q;;+2/p-2/b25-13+;;. The second-order valence-corrected chi connectivity index (χ2v) is 8.00. The van der Waals surface area contributed by atoms with Crippen molar-refractivity contribution < 1.29 is 21.7 Å². The molecule has 0 saturated carbocycles. The van der Waals surface area contributed by atoms with Gasteiger partial charge in [0.05, 0.1) is 28.5 Å². The fraction of sp³-hybridized carbons (Fsp3) is 0. The third-order valence-corrected chi connectivity index (χ3v) is 5.12. The molecular weight excluding hydrogens is 629 g/mol. The zero-order valence-corrected chi connectivity index (χ0v) is 23.6. The number of fused-ring (bicyclic) bond motifs is 1. The summed E-state index contributed by atoms with van der Waals surface area (Å²) in [6.45, 7) is 0. The summed E-state index contributed by atoms with van der Waals surface area (Å²) in [6, 6.07) is 20.2. The van der Waals surface area contributed by atoms with E-state index >= 15 is 0 Å². The predicted octanol–water partition coefficient (Wildman–Crippen LogP) is 4.97. The Bertz CT molecular complexity index is 1370. The molecule has 1 N–H and O–H groups in total. The molecule has 0 aliphatic rings. The van der Waals surface area contributed by atoms with Gasteiger partial charge in [0.1, 0.15) is 5.82 Å². The van der Waals surface area contributed by atoms with Gasteiger partial charge in [-0.1, -0.05) is 18.2 Å². The predicted molar refractivity (Wildman–Crippen MR) is 137 cm³/mol. The summed E-state index contributed by atoms with van der Waals surface area (Å²) >= 11 is 8.17. The molecule has 0 unspecified atom stereocenters. The van der Waals surface area contributed by atoms with Crippen LogP contribution in [-0.2, 0) is 29.9 Å². The Morgan fingerprint density at radius 3 is 2.52 bits per heavy atom. The second-order valence-electron chi connectivity index (χ2n) is 6.37. The van der Waals surface area contributed by atoms with Crippen LogP contribution in [0.4, 0.5) is 10.1 Å². The Kier molecular flexibility index (Phi) is 9.43. The van der Waals surface area contributed by atoms with Crippen molar-refractivity contribution in [2.75, 3.05) is 0 Å². The van der Waals surface area contributed by atoms with Gasteiger partial charge in [-0.05, 0) is 77.2 Å². The van der Waals surface area contributed by atoms with Crippen LogP contribution in [0.5, 0.6) is 0 Å². The van der Waals surface area contributed by atoms with E-state index in [-0.39, 0.29) is 16.6 Å². The van der Waals surface area contributed by atoms with Crippen molar-refractivity contribution in [2.24, 2.45) is 10.1 Å². The summed E-state index contributed by atoms with van der Waals surface area (Å²) in [7, 11) is 4.76.